The first-order chi connectivity index (χ1) is 15.0. The third-order valence-electron chi connectivity index (χ3n) is 4.76. The average Bonchev–Trinajstić information content (AvgIpc) is 3.20. The number of nitrogens with two attached hydrogens (primary N) is 1. The van der Waals surface area contributed by atoms with Gasteiger partial charge in [0.05, 0.1) is 29.3 Å². The Labute approximate surface area is 181 Å². The van der Waals surface area contributed by atoms with Crippen LogP contribution in [0.1, 0.15) is 20.4 Å². The minimum atomic E-state index is -0.986. The number of fused-ring (bicyclic) bond motifs is 1. The van der Waals surface area contributed by atoms with E-state index < -0.39 is 6.86 Å². The molecule has 3 amide bonds. The molecule has 31 heavy (non-hydrogen) atoms. The SMILES string of the molecule is Nc1ccccc1NC(=O)c1nc2c(s1)CN(C(=O)Nc1ccccc1OCF)CC2. The van der Waals surface area contributed by atoms with E-state index in [4.69, 9.17) is 10.5 Å². The highest BCUT2D eigenvalue weighted by Gasteiger charge is 2.26. The molecule has 0 saturated carbocycles. The Morgan fingerprint density at radius 2 is 1.87 bits per heavy atom. The minimum absolute atomic E-state index is 0.257. The maximum atomic E-state index is 12.7. The van der Waals surface area contributed by atoms with Gasteiger partial charge in [-0.15, -0.1) is 11.3 Å². The van der Waals surface area contributed by atoms with Gasteiger partial charge in [-0.25, -0.2) is 14.2 Å². The lowest BCUT2D eigenvalue weighted by Crippen LogP contribution is -2.38. The van der Waals surface area contributed by atoms with E-state index in [-0.39, 0.29) is 17.7 Å². The molecule has 4 N–H and O–H groups in total. The number of halogens is 1. The molecule has 0 fully saturated rings. The van der Waals surface area contributed by atoms with Crippen LogP contribution < -0.4 is 21.1 Å². The highest BCUT2D eigenvalue weighted by atomic mass is 32.1. The molecule has 160 valence electrons. The van der Waals surface area contributed by atoms with E-state index >= 15 is 0 Å². The van der Waals surface area contributed by atoms with E-state index in [0.29, 0.717) is 41.6 Å². The van der Waals surface area contributed by atoms with Crippen LogP contribution in [0.25, 0.3) is 0 Å². The number of hydrogen-bond acceptors (Lipinski definition) is 6. The number of hydrogen-bond donors (Lipinski definition) is 3. The fourth-order valence-electron chi connectivity index (χ4n) is 3.20. The van der Waals surface area contributed by atoms with Crippen molar-refractivity contribution in [3.8, 4) is 5.75 Å². The predicted molar refractivity (Wildman–Crippen MR) is 117 cm³/mol. The Morgan fingerprint density at radius 1 is 1.13 bits per heavy atom. The number of nitrogens with zero attached hydrogens (tertiary/aromatic N) is 2. The molecule has 1 aliphatic rings. The van der Waals surface area contributed by atoms with E-state index in [9.17, 15) is 14.0 Å². The fraction of sp³-hybridized carbons (Fsp3) is 0.190. The zero-order valence-corrected chi connectivity index (χ0v) is 17.2. The summed E-state index contributed by atoms with van der Waals surface area (Å²) in [7, 11) is 0. The minimum Gasteiger partial charge on any atom is -0.461 e. The van der Waals surface area contributed by atoms with E-state index in [1.807, 2.05) is 0 Å². The number of alkyl halides is 1. The zero-order chi connectivity index (χ0) is 21.8. The first kappa shape index (κ1) is 20.6. The molecule has 0 saturated heterocycles. The van der Waals surface area contributed by atoms with Crippen molar-refractivity contribution < 1.29 is 18.7 Å². The molecule has 3 aromatic rings. The van der Waals surface area contributed by atoms with Gasteiger partial charge >= 0.3 is 6.03 Å². The molecule has 0 spiro atoms. The molecule has 1 aromatic heterocycles. The van der Waals surface area contributed by atoms with Crippen LogP contribution in [-0.2, 0) is 13.0 Å². The molecule has 0 radical (unpaired) electrons. The van der Waals surface area contributed by atoms with Crippen molar-refractivity contribution in [2.24, 2.45) is 0 Å². The smallest absolute Gasteiger partial charge is 0.322 e. The summed E-state index contributed by atoms with van der Waals surface area (Å²) in [6.07, 6.45) is 0.530. The van der Waals surface area contributed by atoms with E-state index in [2.05, 4.69) is 15.6 Å². The second-order valence-corrected chi connectivity index (χ2v) is 7.87. The molecule has 0 bridgehead atoms. The van der Waals surface area contributed by atoms with Crippen molar-refractivity contribution in [1.82, 2.24) is 9.88 Å². The quantitative estimate of drug-likeness (QED) is 0.521. The maximum Gasteiger partial charge on any atom is 0.322 e. The fourth-order valence-corrected chi connectivity index (χ4v) is 4.22. The van der Waals surface area contributed by atoms with E-state index in [0.717, 1.165) is 10.6 Å². The summed E-state index contributed by atoms with van der Waals surface area (Å²) >= 11 is 1.25. The molecule has 10 heteroatoms. The highest BCUT2D eigenvalue weighted by Crippen LogP contribution is 2.28. The largest absolute Gasteiger partial charge is 0.461 e. The predicted octanol–water partition coefficient (Wildman–Crippen LogP) is 3.87. The lowest BCUT2D eigenvalue weighted by atomic mass is 10.2. The molecule has 4 rings (SSSR count). The number of rotatable bonds is 5. The number of urea groups is 1. The molecule has 8 nitrogen and oxygen atoms in total. The maximum absolute atomic E-state index is 12.7. The number of aromatic nitrogens is 1. The number of anilines is 3. The number of carbonyl (C=O) groups is 2. The monoisotopic (exact) mass is 441 g/mol. The van der Waals surface area contributed by atoms with E-state index in [1.54, 1.807) is 53.4 Å². The van der Waals surface area contributed by atoms with Gasteiger partial charge < -0.3 is 26.0 Å². The van der Waals surface area contributed by atoms with Crippen molar-refractivity contribution in [3.63, 3.8) is 0 Å². The normalized spacial score (nSPS) is 12.7. The number of ether oxygens (including phenoxy) is 1. The Kier molecular flexibility index (Phi) is 5.99. The lowest BCUT2D eigenvalue weighted by molar-refractivity contribution is 0.102. The van der Waals surface area contributed by atoms with Crippen LogP contribution in [0.4, 0.5) is 26.2 Å². The Hall–Kier alpha value is -3.66. The summed E-state index contributed by atoms with van der Waals surface area (Å²) in [5.74, 6) is -0.0846. The second-order valence-electron chi connectivity index (χ2n) is 6.78. The summed E-state index contributed by atoms with van der Waals surface area (Å²) in [4.78, 5) is 32.2. The van der Waals surface area contributed by atoms with Gasteiger partial charge in [0.1, 0.15) is 5.75 Å². The number of para-hydroxylation sites is 4. The van der Waals surface area contributed by atoms with Crippen molar-refractivity contribution in [2.75, 3.05) is 29.8 Å². The van der Waals surface area contributed by atoms with Crippen LogP contribution in [0, 0.1) is 0 Å². The summed E-state index contributed by atoms with van der Waals surface area (Å²) < 4.78 is 17.5. The van der Waals surface area contributed by atoms with Gasteiger partial charge in [0, 0.05) is 17.8 Å². The summed E-state index contributed by atoms with van der Waals surface area (Å²) in [5, 5.41) is 5.83. The lowest BCUT2D eigenvalue weighted by Gasteiger charge is -2.26. The van der Waals surface area contributed by atoms with Crippen molar-refractivity contribution in [1.29, 1.82) is 0 Å². The molecule has 0 aliphatic carbocycles. The highest BCUT2D eigenvalue weighted by molar-refractivity contribution is 7.13. The number of amides is 3. The number of nitrogen functional groups attached to an aromatic ring is 1. The van der Waals surface area contributed by atoms with Gasteiger partial charge in [-0.1, -0.05) is 24.3 Å². The Balaban J connectivity index is 1.43. The van der Waals surface area contributed by atoms with Crippen molar-refractivity contribution >= 4 is 40.3 Å². The first-order valence-electron chi connectivity index (χ1n) is 9.53. The summed E-state index contributed by atoms with van der Waals surface area (Å²) in [5.41, 5.74) is 8.07. The Bertz CT molecular complexity index is 1120. The number of benzene rings is 2. The van der Waals surface area contributed by atoms with Crippen LogP contribution in [0.5, 0.6) is 5.75 Å². The summed E-state index contributed by atoms with van der Waals surface area (Å²) in [6.45, 7) is -0.215. The molecule has 2 aromatic carbocycles. The van der Waals surface area contributed by atoms with Crippen LogP contribution in [0.3, 0.4) is 0 Å². The molecular formula is C21H20FN5O3S. The van der Waals surface area contributed by atoms with Gasteiger partial charge in [-0.05, 0) is 24.3 Å². The molecular weight excluding hydrogens is 421 g/mol. The number of thiazole rings is 1. The third-order valence-corrected chi connectivity index (χ3v) is 5.84. The van der Waals surface area contributed by atoms with E-state index in [1.165, 1.54) is 11.3 Å². The molecule has 1 aliphatic heterocycles. The standard InChI is InChI=1S/C21H20FN5O3S/c22-12-30-17-8-4-3-7-15(17)26-21(29)27-10-9-16-18(11-27)31-20(25-16)19(28)24-14-6-2-1-5-13(14)23/h1-8H,9-12,23H2,(H,24,28)(H,26,29). The zero-order valence-electron chi connectivity index (χ0n) is 16.4. The van der Waals surface area contributed by atoms with Crippen LogP contribution >= 0.6 is 11.3 Å². The molecule has 2 heterocycles. The van der Waals surface area contributed by atoms with Gasteiger partial charge in [0.2, 0.25) is 6.86 Å². The molecule has 0 unspecified atom stereocenters. The van der Waals surface area contributed by atoms with Crippen LogP contribution in [0.15, 0.2) is 48.5 Å². The van der Waals surface area contributed by atoms with Gasteiger partial charge in [-0.2, -0.15) is 0 Å². The van der Waals surface area contributed by atoms with Crippen molar-refractivity contribution in [3.05, 3.63) is 64.1 Å². The second kappa shape index (κ2) is 9.00. The third kappa shape index (κ3) is 4.58. The number of carbonyl (C=O) groups excluding carboxylic acids is 2. The Morgan fingerprint density at radius 3 is 2.65 bits per heavy atom. The number of nitrogens with one attached hydrogen (secondary N) is 2. The van der Waals surface area contributed by atoms with Crippen molar-refractivity contribution in [2.45, 2.75) is 13.0 Å². The van der Waals surface area contributed by atoms with Crippen LogP contribution in [0.2, 0.25) is 0 Å². The summed E-state index contributed by atoms with van der Waals surface area (Å²) in [6, 6.07) is 13.3. The first-order valence-corrected chi connectivity index (χ1v) is 10.3. The average molecular weight is 441 g/mol. The van der Waals surface area contributed by atoms with Gasteiger partial charge in [-0.3, -0.25) is 4.79 Å². The van der Waals surface area contributed by atoms with Gasteiger partial charge in [0.15, 0.2) is 5.01 Å². The van der Waals surface area contributed by atoms with Gasteiger partial charge in [0.25, 0.3) is 5.91 Å². The molecule has 0 atom stereocenters. The topological polar surface area (TPSA) is 110 Å². The van der Waals surface area contributed by atoms with Crippen LogP contribution in [-0.4, -0.2) is 35.2 Å².